The zero-order valence-electron chi connectivity index (χ0n) is 11.0. The SMILES string of the molecule is CC(C(=O)O)N(C)C(=O)c1cccc2c1OCC(=O)N2. The Morgan fingerprint density at radius 1 is 1.45 bits per heavy atom. The molecule has 106 valence electrons. The Balaban J connectivity index is 2.34. The fourth-order valence-corrected chi connectivity index (χ4v) is 1.81. The molecule has 1 aliphatic rings. The maximum absolute atomic E-state index is 12.3. The van der Waals surface area contributed by atoms with Crippen molar-refractivity contribution in [3.8, 4) is 5.75 Å². The minimum Gasteiger partial charge on any atom is -0.481 e. The number of amides is 2. The van der Waals surface area contributed by atoms with Gasteiger partial charge in [0, 0.05) is 7.05 Å². The van der Waals surface area contributed by atoms with E-state index in [2.05, 4.69) is 5.32 Å². The van der Waals surface area contributed by atoms with Crippen LogP contribution in [-0.4, -0.2) is 47.5 Å². The summed E-state index contributed by atoms with van der Waals surface area (Å²) in [6.07, 6.45) is 0. The number of aliphatic carboxylic acids is 1. The van der Waals surface area contributed by atoms with Gasteiger partial charge in [-0.25, -0.2) is 4.79 Å². The number of para-hydroxylation sites is 1. The lowest BCUT2D eigenvalue weighted by molar-refractivity contribution is -0.141. The van der Waals surface area contributed by atoms with Crippen molar-refractivity contribution in [3.05, 3.63) is 23.8 Å². The van der Waals surface area contributed by atoms with Crippen LogP contribution in [0.5, 0.6) is 5.75 Å². The van der Waals surface area contributed by atoms with Gasteiger partial charge in [0.1, 0.15) is 6.04 Å². The Hall–Kier alpha value is -2.57. The van der Waals surface area contributed by atoms with E-state index in [-0.39, 0.29) is 23.8 Å². The summed E-state index contributed by atoms with van der Waals surface area (Å²) in [5.41, 5.74) is 0.626. The third-order valence-corrected chi connectivity index (χ3v) is 3.13. The number of ether oxygens (including phenoxy) is 1. The van der Waals surface area contributed by atoms with Crippen molar-refractivity contribution >= 4 is 23.5 Å². The van der Waals surface area contributed by atoms with Gasteiger partial charge in [-0.2, -0.15) is 0 Å². The Morgan fingerprint density at radius 3 is 2.80 bits per heavy atom. The Morgan fingerprint density at radius 2 is 2.15 bits per heavy atom. The molecule has 20 heavy (non-hydrogen) atoms. The normalized spacial score (nSPS) is 14.6. The highest BCUT2D eigenvalue weighted by molar-refractivity contribution is 6.03. The molecule has 0 saturated heterocycles. The number of benzene rings is 1. The number of carboxylic acid groups (broad SMARTS) is 1. The molecular formula is C13H14N2O5. The number of carbonyl (C=O) groups is 3. The third kappa shape index (κ3) is 2.42. The van der Waals surface area contributed by atoms with Gasteiger partial charge in [0.05, 0.1) is 11.3 Å². The van der Waals surface area contributed by atoms with E-state index in [4.69, 9.17) is 9.84 Å². The monoisotopic (exact) mass is 278 g/mol. The second-order valence-electron chi connectivity index (χ2n) is 4.45. The van der Waals surface area contributed by atoms with E-state index in [1.165, 1.54) is 20.0 Å². The molecule has 2 rings (SSSR count). The molecule has 0 spiro atoms. The molecule has 7 nitrogen and oxygen atoms in total. The standard InChI is InChI=1S/C13H14N2O5/c1-7(13(18)19)15(2)12(17)8-4-3-5-9-11(8)20-6-10(16)14-9/h3-5,7H,6H2,1-2H3,(H,14,16)(H,18,19). The molecular weight excluding hydrogens is 264 g/mol. The van der Waals surface area contributed by atoms with Gasteiger partial charge in [-0.1, -0.05) is 6.07 Å². The van der Waals surface area contributed by atoms with Crippen LogP contribution >= 0.6 is 0 Å². The van der Waals surface area contributed by atoms with E-state index < -0.39 is 17.9 Å². The molecule has 1 aliphatic heterocycles. The molecule has 2 amide bonds. The Kier molecular flexibility index (Phi) is 3.60. The minimum atomic E-state index is -1.10. The molecule has 0 radical (unpaired) electrons. The van der Waals surface area contributed by atoms with Crippen molar-refractivity contribution in [1.82, 2.24) is 4.90 Å². The van der Waals surface area contributed by atoms with E-state index in [1.54, 1.807) is 12.1 Å². The van der Waals surface area contributed by atoms with Crippen molar-refractivity contribution in [2.45, 2.75) is 13.0 Å². The van der Waals surface area contributed by atoms with Gasteiger partial charge in [-0.3, -0.25) is 9.59 Å². The summed E-state index contributed by atoms with van der Waals surface area (Å²) in [7, 11) is 1.40. The van der Waals surface area contributed by atoms with Gasteiger partial charge in [0.15, 0.2) is 12.4 Å². The average Bonchev–Trinajstić information content (AvgIpc) is 2.43. The first-order chi connectivity index (χ1) is 9.41. The van der Waals surface area contributed by atoms with Crippen LogP contribution in [-0.2, 0) is 9.59 Å². The zero-order valence-corrected chi connectivity index (χ0v) is 11.0. The molecule has 0 aliphatic carbocycles. The molecule has 1 unspecified atom stereocenters. The van der Waals surface area contributed by atoms with Crippen LogP contribution < -0.4 is 10.1 Å². The average molecular weight is 278 g/mol. The third-order valence-electron chi connectivity index (χ3n) is 3.13. The summed E-state index contributed by atoms with van der Waals surface area (Å²) in [4.78, 5) is 35.6. The molecule has 2 N–H and O–H groups in total. The van der Waals surface area contributed by atoms with Gasteiger partial charge in [-0.05, 0) is 19.1 Å². The molecule has 0 fully saturated rings. The largest absolute Gasteiger partial charge is 0.481 e. The van der Waals surface area contributed by atoms with Gasteiger partial charge >= 0.3 is 5.97 Å². The minimum absolute atomic E-state index is 0.171. The van der Waals surface area contributed by atoms with Crippen LogP contribution in [0.1, 0.15) is 17.3 Å². The number of rotatable bonds is 3. The number of carboxylic acids is 1. The number of fused-ring (bicyclic) bond motifs is 1. The number of hydrogen-bond acceptors (Lipinski definition) is 4. The maximum Gasteiger partial charge on any atom is 0.326 e. The van der Waals surface area contributed by atoms with Gasteiger partial charge in [0.25, 0.3) is 11.8 Å². The highest BCUT2D eigenvalue weighted by Gasteiger charge is 2.28. The number of likely N-dealkylation sites (N-methyl/N-ethyl adjacent to an activating group) is 1. The smallest absolute Gasteiger partial charge is 0.326 e. The quantitative estimate of drug-likeness (QED) is 0.842. The van der Waals surface area contributed by atoms with E-state index in [1.807, 2.05) is 0 Å². The number of hydrogen-bond donors (Lipinski definition) is 2. The highest BCUT2D eigenvalue weighted by Crippen LogP contribution is 2.32. The van der Waals surface area contributed by atoms with Crippen LogP contribution in [0.15, 0.2) is 18.2 Å². The molecule has 0 bridgehead atoms. The summed E-state index contributed by atoms with van der Waals surface area (Å²) in [6, 6.07) is 3.78. The topological polar surface area (TPSA) is 95.9 Å². The predicted molar refractivity (Wildman–Crippen MR) is 69.8 cm³/mol. The summed E-state index contributed by atoms with van der Waals surface area (Å²) in [5, 5.41) is 11.5. The zero-order chi connectivity index (χ0) is 14.9. The lowest BCUT2D eigenvalue weighted by atomic mass is 10.1. The van der Waals surface area contributed by atoms with Gasteiger partial charge in [-0.15, -0.1) is 0 Å². The lowest BCUT2D eigenvalue weighted by Gasteiger charge is -2.25. The summed E-state index contributed by atoms with van der Waals surface area (Å²) >= 11 is 0. The maximum atomic E-state index is 12.3. The molecule has 0 aromatic heterocycles. The predicted octanol–water partition coefficient (Wildman–Crippen LogP) is 0.563. The molecule has 1 atom stereocenters. The van der Waals surface area contributed by atoms with Crippen LogP contribution in [0.3, 0.4) is 0 Å². The Labute approximate surface area is 115 Å². The van der Waals surface area contributed by atoms with Gasteiger partial charge in [0.2, 0.25) is 0 Å². The molecule has 1 heterocycles. The first-order valence-electron chi connectivity index (χ1n) is 5.97. The number of anilines is 1. The Bertz CT molecular complexity index is 584. The summed E-state index contributed by atoms with van der Waals surface area (Å²) < 4.78 is 5.27. The first kappa shape index (κ1) is 13.9. The number of carbonyl (C=O) groups excluding carboxylic acids is 2. The second kappa shape index (κ2) is 5.20. The van der Waals surface area contributed by atoms with E-state index in [9.17, 15) is 14.4 Å². The van der Waals surface area contributed by atoms with E-state index >= 15 is 0 Å². The van der Waals surface area contributed by atoms with E-state index in [0.29, 0.717) is 5.69 Å². The molecule has 1 aromatic carbocycles. The van der Waals surface area contributed by atoms with Crippen LogP contribution in [0.4, 0.5) is 5.69 Å². The summed E-state index contributed by atoms with van der Waals surface area (Å²) in [5.74, 6) is -1.61. The fourth-order valence-electron chi connectivity index (χ4n) is 1.81. The molecule has 1 aromatic rings. The van der Waals surface area contributed by atoms with Crippen LogP contribution in [0.25, 0.3) is 0 Å². The van der Waals surface area contributed by atoms with Crippen molar-refractivity contribution < 1.29 is 24.2 Å². The highest BCUT2D eigenvalue weighted by atomic mass is 16.5. The van der Waals surface area contributed by atoms with Crippen LogP contribution in [0, 0.1) is 0 Å². The van der Waals surface area contributed by atoms with Crippen LogP contribution in [0.2, 0.25) is 0 Å². The number of nitrogens with one attached hydrogen (secondary N) is 1. The number of nitrogens with zero attached hydrogens (tertiary/aromatic N) is 1. The fraction of sp³-hybridized carbons (Fsp3) is 0.308. The van der Waals surface area contributed by atoms with E-state index in [0.717, 1.165) is 4.90 Å². The first-order valence-corrected chi connectivity index (χ1v) is 5.97. The second-order valence-corrected chi connectivity index (χ2v) is 4.45. The van der Waals surface area contributed by atoms with Crippen molar-refractivity contribution in [2.75, 3.05) is 19.0 Å². The van der Waals surface area contributed by atoms with Gasteiger partial charge < -0.3 is 20.1 Å². The summed E-state index contributed by atoms with van der Waals surface area (Å²) in [6.45, 7) is 1.24. The molecule has 7 heteroatoms. The van der Waals surface area contributed by atoms with Crippen molar-refractivity contribution in [3.63, 3.8) is 0 Å². The molecule has 0 saturated carbocycles. The van der Waals surface area contributed by atoms with Crippen molar-refractivity contribution in [1.29, 1.82) is 0 Å². The van der Waals surface area contributed by atoms with Crippen molar-refractivity contribution in [2.24, 2.45) is 0 Å². The lowest BCUT2D eigenvalue weighted by Crippen LogP contribution is -2.40.